The van der Waals surface area contributed by atoms with E-state index in [1.165, 1.54) is 6.42 Å². The van der Waals surface area contributed by atoms with Crippen molar-refractivity contribution in [2.75, 3.05) is 19.6 Å². The molecular formula is C11H18N2O. The zero-order valence-corrected chi connectivity index (χ0v) is 8.54. The molecule has 1 amide bonds. The van der Waals surface area contributed by atoms with Gasteiger partial charge in [-0.1, -0.05) is 12.3 Å². The van der Waals surface area contributed by atoms with Crippen molar-refractivity contribution in [2.45, 2.75) is 25.7 Å². The van der Waals surface area contributed by atoms with E-state index in [1.807, 2.05) is 4.90 Å². The van der Waals surface area contributed by atoms with Crippen molar-refractivity contribution in [1.82, 2.24) is 4.90 Å². The van der Waals surface area contributed by atoms with Crippen molar-refractivity contribution in [3.8, 4) is 12.3 Å². The van der Waals surface area contributed by atoms with Crippen LogP contribution >= 0.6 is 0 Å². The molecule has 3 heteroatoms. The molecule has 1 aliphatic heterocycles. The van der Waals surface area contributed by atoms with Crippen LogP contribution in [0.4, 0.5) is 0 Å². The maximum atomic E-state index is 11.6. The summed E-state index contributed by atoms with van der Waals surface area (Å²) in [6, 6.07) is 0. The Bertz CT molecular complexity index is 232. The fourth-order valence-electron chi connectivity index (χ4n) is 1.85. The van der Waals surface area contributed by atoms with Crippen LogP contribution in [-0.4, -0.2) is 30.4 Å². The first-order chi connectivity index (χ1) is 6.77. The third kappa shape index (κ3) is 3.04. The molecule has 2 N–H and O–H groups in total. The highest BCUT2D eigenvalue weighted by Gasteiger charge is 2.20. The smallest absolute Gasteiger partial charge is 0.234 e. The standard InChI is InChI=1S/C11H18N2O/c1-2-5-11(14)13-7-4-3-6-10(8-12)9-13/h1,10H,3-9,12H2. The topological polar surface area (TPSA) is 46.3 Å². The molecule has 1 rings (SSSR count). The molecule has 1 unspecified atom stereocenters. The summed E-state index contributed by atoms with van der Waals surface area (Å²) < 4.78 is 0. The molecule has 0 aliphatic carbocycles. The summed E-state index contributed by atoms with van der Waals surface area (Å²) in [6.07, 6.45) is 8.72. The van der Waals surface area contributed by atoms with Crippen LogP contribution in [0.25, 0.3) is 0 Å². The first kappa shape index (κ1) is 11.1. The SMILES string of the molecule is C#CCC(=O)N1CCCCC(CN)C1. The number of hydrogen-bond donors (Lipinski definition) is 1. The minimum atomic E-state index is 0.0767. The highest BCUT2D eigenvalue weighted by atomic mass is 16.2. The Labute approximate surface area is 85.6 Å². The van der Waals surface area contributed by atoms with Crippen molar-refractivity contribution < 1.29 is 4.79 Å². The average molecular weight is 194 g/mol. The van der Waals surface area contributed by atoms with Gasteiger partial charge < -0.3 is 10.6 Å². The van der Waals surface area contributed by atoms with Gasteiger partial charge in [-0.05, 0) is 25.3 Å². The predicted molar refractivity (Wildman–Crippen MR) is 56.4 cm³/mol. The van der Waals surface area contributed by atoms with Crippen LogP contribution in [0.5, 0.6) is 0 Å². The molecule has 1 fully saturated rings. The second kappa shape index (κ2) is 5.66. The van der Waals surface area contributed by atoms with E-state index in [-0.39, 0.29) is 12.3 Å². The largest absolute Gasteiger partial charge is 0.342 e. The fraction of sp³-hybridized carbons (Fsp3) is 0.727. The van der Waals surface area contributed by atoms with Crippen LogP contribution in [-0.2, 0) is 4.79 Å². The number of carbonyl (C=O) groups is 1. The summed E-state index contributed by atoms with van der Waals surface area (Å²) in [4.78, 5) is 13.4. The lowest BCUT2D eigenvalue weighted by Crippen LogP contribution is -2.36. The minimum absolute atomic E-state index is 0.0767. The van der Waals surface area contributed by atoms with Gasteiger partial charge in [0.15, 0.2) is 0 Å². The van der Waals surface area contributed by atoms with Gasteiger partial charge in [-0.2, -0.15) is 0 Å². The molecule has 1 saturated heterocycles. The van der Waals surface area contributed by atoms with E-state index < -0.39 is 0 Å². The van der Waals surface area contributed by atoms with Crippen LogP contribution in [0.15, 0.2) is 0 Å². The third-order valence-electron chi connectivity index (χ3n) is 2.71. The van der Waals surface area contributed by atoms with Gasteiger partial charge in [-0.3, -0.25) is 4.79 Å². The lowest BCUT2D eigenvalue weighted by Gasteiger charge is -2.22. The number of rotatable bonds is 2. The predicted octanol–water partition coefficient (Wildman–Crippen LogP) is 0.597. The van der Waals surface area contributed by atoms with Gasteiger partial charge in [-0.25, -0.2) is 0 Å². The fourth-order valence-corrected chi connectivity index (χ4v) is 1.85. The lowest BCUT2D eigenvalue weighted by atomic mass is 10.0. The number of nitrogens with zero attached hydrogens (tertiary/aromatic N) is 1. The molecule has 0 radical (unpaired) electrons. The second-order valence-electron chi connectivity index (χ2n) is 3.82. The monoisotopic (exact) mass is 194 g/mol. The molecule has 1 aliphatic rings. The molecule has 78 valence electrons. The maximum absolute atomic E-state index is 11.6. The quantitative estimate of drug-likeness (QED) is 0.654. The van der Waals surface area contributed by atoms with E-state index in [4.69, 9.17) is 12.2 Å². The maximum Gasteiger partial charge on any atom is 0.234 e. The molecule has 0 aromatic heterocycles. The number of terminal acetylenes is 1. The molecule has 3 nitrogen and oxygen atoms in total. The van der Waals surface area contributed by atoms with E-state index in [1.54, 1.807) is 0 Å². The number of carbonyl (C=O) groups excluding carboxylic acids is 1. The average Bonchev–Trinajstić information content (AvgIpc) is 2.43. The second-order valence-corrected chi connectivity index (χ2v) is 3.82. The molecule has 14 heavy (non-hydrogen) atoms. The Morgan fingerprint density at radius 2 is 2.36 bits per heavy atom. The van der Waals surface area contributed by atoms with Crippen LogP contribution in [0.3, 0.4) is 0 Å². The first-order valence-electron chi connectivity index (χ1n) is 5.19. The highest BCUT2D eigenvalue weighted by molar-refractivity contribution is 5.78. The number of nitrogens with two attached hydrogens (primary N) is 1. The first-order valence-corrected chi connectivity index (χ1v) is 5.19. The van der Waals surface area contributed by atoms with Gasteiger partial charge in [0.1, 0.15) is 0 Å². The Hall–Kier alpha value is -1.01. The third-order valence-corrected chi connectivity index (χ3v) is 2.71. The van der Waals surface area contributed by atoms with E-state index in [9.17, 15) is 4.79 Å². The summed E-state index contributed by atoms with van der Waals surface area (Å²) >= 11 is 0. The molecular weight excluding hydrogens is 176 g/mol. The van der Waals surface area contributed by atoms with Crippen molar-refractivity contribution in [1.29, 1.82) is 0 Å². The van der Waals surface area contributed by atoms with E-state index in [2.05, 4.69) is 5.92 Å². The summed E-state index contributed by atoms with van der Waals surface area (Å²) in [5, 5.41) is 0. The normalized spacial score (nSPS) is 22.6. The van der Waals surface area contributed by atoms with E-state index >= 15 is 0 Å². The molecule has 0 bridgehead atoms. The molecule has 1 heterocycles. The molecule has 0 saturated carbocycles. The van der Waals surface area contributed by atoms with Crippen LogP contribution < -0.4 is 5.73 Å². The van der Waals surface area contributed by atoms with Gasteiger partial charge in [0, 0.05) is 13.1 Å². The summed E-state index contributed by atoms with van der Waals surface area (Å²) in [7, 11) is 0. The Kier molecular flexibility index (Phi) is 4.48. The summed E-state index contributed by atoms with van der Waals surface area (Å²) in [5.41, 5.74) is 5.63. The Morgan fingerprint density at radius 1 is 1.57 bits per heavy atom. The van der Waals surface area contributed by atoms with Crippen molar-refractivity contribution >= 4 is 5.91 Å². The van der Waals surface area contributed by atoms with Crippen molar-refractivity contribution in [3.05, 3.63) is 0 Å². The Morgan fingerprint density at radius 3 is 3.00 bits per heavy atom. The lowest BCUT2D eigenvalue weighted by molar-refractivity contribution is -0.130. The van der Waals surface area contributed by atoms with Gasteiger partial charge in [0.2, 0.25) is 5.91 Å². The molecule has 0 aromatic carbocycles. The van der Waals surface area contributed by atoms with Crippen molar-refractivity contribution in [3.63, 3.8) is 0 Å². The van der Waals surface area contributed by atoms with Crippen LogP contribution in [0.1, 0.15) is 25.7 Å². The number of amides is 1. The van der Waals surface area contributed by atoms with Gasteiger partial charge in [0.05, 0.1) is 6.42 Å². The van der Waals surface area contributed by atoms with E-state index in [0.29, 0.717) is 12.5 Å². The van der Waals surface area contributed by atoms with Gasteiger partial charge in [0.25, 0.3) is 0 Å². The molecule has 0 aromatic rings. The van der Waals surface area contributed by atoms with E-state index in [0.717, 1.165) is 25.9 Å². The summed E-state index contributed by atoms with van der Waals surface area (Å²) in [5.74, 6) is 2.93. The molecule has 1 atom stereocenters. The number of hydrogen-bond acceptors (Lipinski definition) is 2. The molecule has 0 spiro atoms. The van der Waals surface area contributed by atoms with Gasteiger partial charge in [-0.15, -0.1) is 6.42 Å². The zero-order chi connectivity index (χ0) is 10.4. The van der Waals surface area contributed by atoms with Crippen LogP contribution in [0, 0.1) is 18.3 Å². The zero-order valence-electron chi connectivity index (χ0n) is 8.54. The van der Waals surface area contributed by atoms with Crippen molar-refractivity contribution in [2.24, 2.45) is 11.7 Å². The summed E-state index contributed by atoms with van der Waals surface area (Å²) in [6.45, 7) is 2.30. The van der Waals surface area contributed by atoms with Crippen LogP contribution in [0.2, 0.25) is 0 Å². The highest BCUT2D eigenvalue weighted by Crippen LogP contribution is 2.15. The Balaban J connectivity index is 2.50. The number of likely N-dealkylation sites (tertiary alicyclic amines) is 1. The van der Waals surface area contributed by atoms with Gasteiger partial charge >= 0.3 is 0 Å². The minimum Gasteiger partial charge on any atom is -0.342 e.